The molecule has 2 unspecified atom stereocenters. The number of aryl methyl sites for hydroxylation is 2. The van der Waals surface area contributed by atoms with Gasteiger partial charge in [0.15, 0.2) is 6.10 Å². The van der Waals surface area contributed by atoms with Crippen molar-refractivity contribution in [3.05, 3.63) is 94.5 Å². The Labute approximate surface area is 208 Å². The number of benzene rings is 3. The zero-order valence-electron chi connectivity index (χ0n) is 21.0. The van der Waals surface area contributed by atoms with Gasteiger partial charge < -0.3 is 15.0 Å². The third-order valence-electron chi connectivity index (χ3n) is 6.55. The summed E-state index contributed by atoms with van der Waals surface area (Å²) in [6, 6.07) is 21.9. The molecule has 3 aromatic rings. The summed E-state index contributed by atoms with van der Waals surface area (Å²) in [5.74, 6) is 0.602. The van der Waals surface area contributed by atoms with Crippen LogP contribution < -0.4 is 10.1 Å². The van der Waals surface area contributed by atoms with E-state index in [1.807, 2.05) is 68.1 Å². The summed E-state index contributed by atoms with van der Waals surface area (Å²) in [5.41, 5.74) is 6.37. The van der Waals surface area contributed by atoms with Gasteiger partial charge >= 0.3 is 0 Å². The Balaban J connectivity index is 1.63. The van der Waals surface area contributed by atoms with Crippen molar-refractivity contribution in [2.75, 3.05) is 11.9 Å². The number of nitrogens with one attached hydrogen (secondary N) is 1. The summed E-state index contributed by atoms with van der Waals surface area (Å²) in [6.45, 7) is 8.60. The van der Waals surface area contributed by atoms with Crippen LogP contribution >= 0.6 is 0 Å². The fourth-order valence-corrected chi connectivity index (χ4v) is 4.77. The molecular weight excluding hydrogens is 436 g/mol. The van der Waals surface area contributed by atoms with Crippen molar-refractivity contribution in [2.24, 2.45) is 0 Å². The number of ether oxygens (including phenoxy) is 1. The van der Waals surface area contributed by atoms with Gasteiger partial charge in [-0.2, -0.15) is 0 Å². The Morgan fingerprint density at radius 2 is 1.74 bits per heavy atom. The molecule has 182 valence electrons. The van der Waals surface area contributed by atoms with Gasteiger partial charge in [-0.05, 0) is 73.2 Å². The highest BCUT2D eigenvalue weighted by Crippen LogP contribution is 2.38. The van der Waals surface area contributed by atoms with Gasteiger partial charge in [0.05, 0.1) is 6.04 Å². The van der Waals surface area contributed by atoms with Gasteiger partial charge in [0.2, 0.25) is 5.91 Å². The van der Waals surface area contributed by atoms with Crippen LogP contribution in [-0.4, -0.2) is 29.4 Å². The van der Waals surface area contributed by atoms with E-state index >= 15 is 0 Å². The van der Waals surface area contributed by atoms with Crippen LogP contribution in [0.2, 0.25) is 0 Å². The molecule has 1 N–H and O–H groups in total. The molecule has 2 amide bonds. The fourth-order valence-electron chi connectivity index (χ4n) is 4.77. The van der Waals surface area contributed by atoms with Gasteiger partial charge in [0.1, 0.15) is 5.75 Å². The lowest BCUT2D eigenvalue weighted by atomic mass is 9.87. The van der Waals surface area contributed by atoms with Crippen molar-refractivity contribution in [1.29, 1.82) is 0 Å². The number of anilines is 1. The minimum absolute atomic E-state index is 0.137. The van der Waals surface area contributed by atoms with Crippen LogP contribution in [0.25, 0.3) is 0 Å². The zero-order chi connectivity index (χ0) is 24.9. The molecule has 1 aliphatic rings. The average Bonchev–Trinajstić information content (AvgIpc) is 2.85. The van der Waals surface area contributed by atoms with Crippen LogP contribution in [0, 0.1) is 13.8 Å². The maximum absolute atomic E-state index is 13.0. The highest BCUT2D eigenvalue weighted by Gasteiger charge is 2.32. The van der Waals surface area contributed by atoms with E-state index in [4.69, 9.17) is 4.74 Å². The average molecular weight is 471 g/mol. The van der Waals surface area contributed by atoms with E-state index in [2.05, 4.69) is 36.5 Å². The first-order valence-electron chi connectivity index (χ1n) is 12.4. The zero-order valence-corrected chi connectivity index (χ0v) is 21.0. The first kappa shape index (κ1) is 24.5. The van der Waals surface area contributed by atoms with E-state index in [9.17, 15) is 9.59 Å². The summed E-state index contributed by atoms with van der Waals surface area (Å²) in [4.78, 5) is 27.8. The number of fused-ring (bicyclic) bond motifs is 1. The highest BCUT2D eigenvalue weighted by molar-refractivity contribution is 5.94. The lowest BCUT2D eigenvalue weighted by Gasteiger charge is -2.38. The molecule has 1 aliphatic heterocycles. The number of rotatable bonds is 7. The van der Waals surface area contributed by atoms with Crippen molar-refractivity contribution in [1.82, 2.24) is 4.90 Å². The number of amides is 2. The predicted molar refractivity (Wildman–Crippen MR) is 140 cm³/mol. The molecule has 2 atom stereocenters. The Morgan fingerprint density at radius 3 is 2.43 bits per heavy atom. The molecule has 5 nitrogen and oxygen atoms in total. The largest absolute Gasteiger partial charge is 0.481 e. The Bertz CT molecular complexity index is 1220. The van der Waals surface area contributed by atoms with Gasteiger partial charge in [-0.1, -0.05) is 61.9 Å². The highest BCUT2D eigenvalue weighted by atomic mass is 16.5. The molecule has 0 aromatic heterocycles. The van der Waals surface area contributed by atoms with E-state index in [-0.39, 0.29) is 17.9 Å². The summed E-state index contributed by atoms with van der Waals surface area (Å²) < 4.78 is 6.21. The number of carbonyl (C=O) groups excluding carboxylic acids is 2. The molecule has 4 rings (SSSR count). The minimum atomic E-state index is -0.622. The molecule has 0 saturated carbocycles. The summed E-state index contributed by atoms with van der Waals surface area (Å²) in [7, 11) is 0. The lowest BCUT2D eigenvalue weighted by molar-refractivity contribution is -0.133. The molecular formula is C30H34N2O3. The van der Waals surface area contributed by atoms with Gasteiger partial charge in [-0.15, -0.1) is 0 Å². The van der Waals surface area contributed by atoms with Crippen LogP contribution in [0.4, 0.5) is 5.69 Å². The van der Waals surface area contributed by atoms with E-state index < -0.39 is 6.10 Å². The molecule has 0 aliphatic carbocycles. The third-order valence-corrected chi connectivity index (χ3v) is 6.55. The van der Waals surface area contributed by atoms with E-state index in [0.29, 0.717) is 25.1 Å². The van der Waals surface area contributed by atoms with Crippen molar-refractivity contribution >= 4 is 17.5 Å². The maximum Gasteiger partial charge on any atom is 0.265 e. The van der Waals surface area contributed by atoms with E-state index in [1.54, 1.807) is 0 Å². The summed E-state index contributed by atoms with van der Waals surface area (Å²) in [6.07, 6.45) is 1.18. The maximum atomic E-state index is 13.0. The van der Waals surface area contributed by atoms with E-state index in [0.717, 1.165) is 34.4 Å². The number of nitrogens with zero attached hydrogens (tertiary/aromatic N) is 1. The minimum Gasteiger partial charge on any atom is -0.481 e. The molecule has 0 bridgehead atoms. The fraction of sp³-hybridized carbons (Fsp3) is 0.333. The van der Waals surface area contributed by atoms with Crippen molar-refractivity contribution in [3.63, 3.8) is 0 Å². The third kappa shape index (κ3) is 5.56. The van der Waals surface area contributed by atoms with Gasteiger partial charge in [0.25, 0.3) is 5.91 Å². The standard InChI is InChI=1S/C30H34N2O3/c1-5-27(30(34)31-24-12-8-10-21(4)18-24)35-25-14-13-22-15-16-32(28(33)6-2)29(26(22)19-25)23-11-7-9-20(3)17-23/h7-14,17-19,27,29H,5-6,15-16H2,1-4H3,(H,31,34). The van der Waals surface area contributed by atoms with Gasteiger partial charge in [-0.3, -0.25) is 9.59 Å². The predicted octanol–water partition coefficient (Wildman–Crippen LogP) is 5.98. The molecule has 3 aromatic carbocycles. The Kier molecular flexibility index (Phi) is 7.54. The van der Waals surface area contributed by atoms with Crippen LogP contribution in [0.3, 0.4) is 0 Å². The SMILES string of the molecule is CCC(=O)N1CCc2ccc(OC(CC)C(=O)Nc3cccc(C)c3)cc2C1c1cccc(C)c1. The molecule has 0 saturated heterocycles. The molecule has 0 radical (unpaired) electrons. The molecule has 0 spiro atoms. The van der Waals surface area contributed by atoms with E-state index in [1.165, 1.54) is 5.56 Å². The second kappa shape index (κ2) is 10.8. The van der Waals surface area contributed by atoms with Gasteiger partial charge in [-0.25, -0.2) is 0 Å². The number of hydrogen-bond donors (Lipinski definition) is 1. The second-order valence-corrected chi connectivity index (χ2v) is 9.24. The first-order valence-corrected chi connectivity index (χ1v) is 12.4. The van der Waals surface area contributed by atoms with Crippen molar-refractivity contribution < 1.29 is 14.3 Å². The lowest BCUT2D eigenvalue weighted by Crippen LogP contribution is -2.40. The van der Waals surface area contributed by atoms with Crippen molar-refractivity contribution in [2.45, 2.75) is 59.1 Å². The van der Waals surface area contributed by atoms with Crippen LogP contribution in [0.5, 0.6) is 5.75 Å². The normalized spacial score (nSPS) is 15.8. The monoisotopic (exact) mass is 470 g/mol. The van der Waals surface area contributed by atoms with Crippen LogP contribution in [-0.2, 0) is 16.0 Å². The van der Waals surface area contributed by atoms with Crippen molar-refractivity contribution in [3.8, 4) is 5.75 Å². The Morgan fingerprint density at radius 1 is 1.00 bits per heavy atom. The van der Waals surface area contributed by atoms with Gasteiger partial charge in [0, 0.05) is 18.7 Å². The molecule has 0 fully saturated rings. The number of carbonyl (C=O) groups is 2. The summed E-state index contributed by atoms with van der Waals surface area (Å²) >= 11 is 0. The first-order chi connectivity index (χ1) is 16.9. The second-order valence-electron chi connectivity index (χ2n) is 9.24. The molecule has 5 heteroatoms. The smallest absolute Gasteiger partial charge is 0.265 e. The van der Waals surface area contributed by atoms with Crippen LogP contribution in [0.1, 0.15) is 60.5 Å². The quantitative estimate of drug-likeness (QED) is 0.462. The topological polar surface area (TPSA) is 58.6 Å². The summed E-state index contributed by atoms with van der Waals surface area (Å²) in [5, 5.41) is 2.97. The Hall–Kier alpha value is -3.60. The van der Waals surface area contributed by atoms with Crippen LogP contribution in [0.15, 0.2) is 66.7 Å². The number of hydrogen-bond acceptors (Lipinski definition) is 3. The molecule has 35 heavy (non-hydrogen) atoms. The molecule has 1 heterocycles.